The Hall–Kier alpha value is -2.09. The van der Waals surface area contributed by atoms with E-state index >= 15 is 0 Å². The lowest BCUT2D eigenvalue weighted by atomic mass is 10.00. The van der Waals surface area contributed by atoms with E-state index < -0.39 is 0 Å². The topological polar surface area (TPSA) is 49.8 Å². The first-order valence-electron chi connectivity index (χ1n) is 8.49. The second-order valence-electron chi connectivity index (χ2n) is 5.86. The number of methoxy groups -OCH3 is 1. The molecule has 1 aliphatic rings. The second-order valence-corrected chi connectivity index (χ2v) is 5.86. The summed E-state index contributed by atoms with van der Waals surface area (Å²) < 4.78 is 5.31. The lowest BCUT2D eigenvalue weighted by molar-refractivity contribution is 0.390. The van der Waals surface area contributed by atoms with Crippen molar-refractivity contribution in [2.24, 2.45) is 4.99 Å². The number of benzene rings is 1. The predicted octanol–water partition coefficient (Wildman–Crippen LogP) is 3.57. The number of pyridine rings is 1. The summed E-state index contributed by atoms with van der Waals surface area (Å²) in [5.41, 5.74) is 3.73. The molecule has 0 saturated carbocycles. The van der Waals surface area contributed by atoms with Crippen LogP contribution in [0.2, 0.25) is 0 Å². The third-order valence-corrected chi connectivity index (χ3v) is 4.35. The molecule has 5 nitrogen and oxygen atoms in total. The van der Waals surface area contributed by atoms with Gasteiger partial charge in [0.25, 0.3) is 0 Å². The molecule has 2 aromatic rings. The number of aliphatic imine (C=N–C) groups is 1. The minimum Gasteiger partial charge on any atom is -0.481 e. The average Bonchev–Trinajstić information content (AvgIpc) is 2.70. The molecule has 6 heteroatoms. The van der Waals surface area contributed by atoms with Gasteiger partial charge in [0.1, 0.15) is 0 Å². The highest BCUT2D eigenvalue weighted by atomic mass is 127. The number of rotatable bonds is 4. The van der Waals surface area contributed by atoms with E-state index in [-0.39, 0.29) is 24.0 Å². The smallest absolute Gasteiger partial charge is 0.218 e. The highest BCUT2D eigenvalue weighted by Gasteiger charge is 2.16. The van der Waals surface area contributed by atoms with E-state index in [1.165, 1.54) is 11.1 Å². The maximum absolute atomic E-state index is 5.31. The van der Waals surface area contributed by atoms with Crippen molar-refractivity contribution in [1.82, 2.24) is 15.2 Å². The molecule has 1 aliphatic heterocycles. The fourth-order valence-corrected chi connectivity index (χ4v) is 3.02. The quantitative estimate of drug-likeness (QED) is 0.427. The Labute approximate surface area is 172 Å². The van der Waals surface area contributed by atoms with Crippen molar-refractivity contribution in [2.75, 3.05) is 27.2 Å². The third-order valence-electron chi connectivity index (χ3n) is 4.35. The van der Waals surface area contributed by atoms with Crippen LogP contribution < -0.4 is 10.1 Å². The molecule has 1 aromatic carbocycles. The second kappa shape index (κ2) is 10.2. The third kappa shape index (κ3) is 4.97. The van der Waals surface area contributed by atoms with Crippen molar-refractivity contribution in [1.29, 1.82) is 0 Å². The van der Waals surface area contributed by atoms with Crippen LogP contribution in [0.4, 0.5) is 0 Å². The summed E-state index contributed by atoms with van der Waals surface area (Å²) >= 11 is 0. The van der Waals surface area contributed by atoms with E-state index in [2.05, 4.69) is 56.6 Å². The monoisotopic (exact) mass is 464 g/mol. The summed E-state index contributed by atoms with van der Waals surface area (Å²) in [6.45, 7) is 2.44. The molecule has 0 amide bonds. The normalized spacial score (nSPS) is 14.3. The largest absolute Gasteiger partial charge is 0.481 e. The fourth-order valence-electron chi connectivity index (χ4n) is 3.02. The van der Waals surface area contributed by atoms with Gasteiger partial charge >= 0.3 is 0 Å². The zero-order valence-electron chi connectivity index (χ0n) is 15.2. The molecule has 0 saturated heterocycles. The maximum Gasteiger partial charge on any atom is 0.218 e. The fraction of sp³-hybridized carbons (Fsp3) is 0.300. The van der Waals surface area contributed by atoms with Gasteiger partial charge in [-0.2, -0.15) is 0 Å². The number of nitrogens with one attached hydrogen (secondary N) is 1. The number of ether oxygens (including phenoxy) is 1. The number of aromatic nitrogens is 1. The highest BCUT2D eigenvalue weighted by molar-refractivity contribution is 14.0. The maximum atomic E-state index is 5.31. The van der Waals surface area contributed by atoms with Crippen LogP contribution in [0, 0.1) is 0 Å². The van der Waals surface area contributed by atoms with Crippen molar-refractivity contribution < 1.29 is 4.74 Å². The molecule has 1 N–H and O–H groups in total. The number of guanidine groups is 1. The van der Waals surface area contributed by atoms with E-state index in [1.54, 1.807) is 13.3 Å². The van der Waals surface area contributed by atoms with Crippen LogP contribution in [0.5, 0.6) is 5.88 Å². The Balaban J connectivity index is 0.00000243. The minimum absolute atomic E-state index is 0. The molecule has 2 heterocycles. The van der Waals surface area contributed by atoms with Crippen molar-refractivity contribution >= 4 is 35.5 Å². The van der Waals surface area contributed by atoms with Gasteiger partial charge in [0, 0.05) is 38.4 Å². The van der Waals surface area contributed by atoms with Gasteiger partial charge in [-0.15, -0.1) is 24.0 Å². The minimum atomic E-state index is 0. The van der Waals surface area contributed by atoms with Crippen LogP contribution in [0.15, 0.2) is 59.7 Å². The van der Waals surface area contributed by atoms with Crippen LogP contribution in [0.25, 0.3) is 5.57 Å². The Morgan fingerprint density at radius 3 is 2.69 bits per heavy atom. The molecule has 26 heavy (non-hydrogen) atoms. The first-order chi connectivity index (χ1) is 12.3. The summed E-state index contributed by atoms with van der Waals surface area (Å²) in [5.74, 6) is 1.55. The van der Waals surface area contributed by atoms with E-state index in [1.807, 2.05) is 19.2 Å². The van der Waals surface area contributed by atoms with Crippen molar-refractivity contribution in [3.8, 4) is 5.88 Å². The zero-order valence-corrected chi connectivity index (χ0v) is 17.5. The van der Waals surface area contributed by atoms with Gasteiger partial charge < -0.3 is 15.0 Å². The summed E-state index contributed by atoms with van der Waals surface area (Å²) in [5, 5.41) is 3.41. The van der Waals surface area contributed by atoms with E-state index in [0.29, 0.717) is 12.4 Å². The van der Waals surface area contributed by atoms with Gasteiger partial charge in [0.05, 0.1) is 7.11 Å². The predicted molar refractivity (Wildman–Crippen MR) is 117 cm³/mol. The van der Waals surface area contributed by atoms with Crippen LogP contribution in [-0.2, 0) is 6.54 Å². The molecular formula is C20H25IN4O. The van der Waals surface area contributed by atoms with Crippen LogP contribution >= 0.6 is 24.0 Å². The molecule has 1 aromatic heterocycles. The van der Waals surface area contributed by atoms with E-state index in [9.17, 15) is 0 Å². The molecule has 0 fully saturated rings. The van der Waals surface area contributed by atoms with Gasteiger partial charge in [0.15, 0.2) is 5.96 Å². The van der Waals surface area contributed by atoms with Crippen LogP contribution in [-0.4, -0.2) is 43.1 Å². The Morgan fingerprint density at radius 2 is 2.04 bits per heavy atom. The number of halogens is 1. The molecule has 0 unspecified atom stereocenters. The molecule has 3 rings (SSSR count). The molecule has 138 valence electrons. The number of nitrogens with zero attached hydrogens (tertiary/aromatic N) is 3. The van der Waals surface area contributed by atoms with Gasteiger partial charge in [-0.1, -0.05) is 42.5 Å². The van der Waals surface area contributed by atoms with Gasteiger partial charge in [0.2, 0.25) is 5.88 Å². The van der Waals surface area contributed by atoms with Gasteiger partial charge in [-0.05, 0) is 23.6 Å². The van der Waals surface area contributed by atoms with E-state index in [0.717, 1.165) is 31.0 Å². The molecule has 0 aliphatic carbocycles. The van der Waals surface area contributed by atoms with Gasteiger partial charge in [-0.25, -0.2) is 4.98 Å². The SMILES string of the molecule is CN=C(NCc1cccnc1OC)N1CC=C(c2ccccc2)CC1.I. The Bertz CT molecular complexity index is 761. The average molecular weight is 464 g/mol. The van der Waals surface area contributed by atoms with Crippen molar-refractivity contribution in [3.05, 3.63) is 65.9 Å². The zero-order chi connectivity index (χ0) is 17.5. The van der Waals surface area contributed by atoms with Crippen molar-refractivity contribution in [2.45, 2.75) is 13.0 Å². The lowest BCUT2D eigenvalue weighted by Crippen LogP contribution is -2.43. The lowest BCUT2D eigenvalue weighted by Gasteiger charge is -2.30. The molecule has 0 radical (unpaired) electrons. The molecule has 0 atom stereocenters. The molecule has 0 bridgehead atoms. The van der Waals surface area contributed by atoms with Crippen molar-refractivity contribution in [3.63, 3.8) is 0 Å². The summed E-state index contributed by atoms with van der Waals surface area (Å²) in [6, 6.07) is 14.5. The first kappa shape index (κ1) is 20.2. The number of hydrogen-bond donors (Lipinski definition) is 1. The molecular weight excluding hydrogens is 439 g/mol. The van der Waals surface area contributed by atoms with Gasteiger partial charge in [-0.3, -0.25) is 4.99 Å². The summed E-state index contributed by atoms with van der Waals surface area (Å²) in [7, 11) is 3.46. The molecule has 0 spiro atoms. The Kier molecular flexibility index (Phi) is 7.90. The number of hydrogen-bond acceptors (Lipinski definition) is 3. The standard InChI is InChI=1S/C20H24N4O.HI/c1-21-20(23-15-18-9-6-12-22-19(18)25-2)24-13-10-17(11-14-24)16-7-4-3-5-8-16;/h3-10,12H,11,13-15H2,1-2H3,(H,21,23);1H. The van der Waals surface area contributed by atoms with Crippen LogP contribution in [0.1, 0.15) is 17.5 Å². The summed E-state index contributed by atoms with van der Waals surface area (Å²) in [6.07, 6.45) is 5.04. The summed E-state index contributed by atoms with van der Waals surface area (Å²) in [4.78, 5) is 10.9. The highest BCUT2D eigenvalue weighted by Crippen LogP contribution is 2.22. The van der Waals surface area contributed by atoms with E-state index in [4.69, 9.17) is 4.74 Å². The Morgan fingerprint density at radius 1 is 1.23 bits per heavy atom. The first-order valence-corrected chi connectivity index (χ1v) is 8.49. The van der Waals surface area contributed by atoms with Crippen LogP contribution in [0.3, 0.4) is 0 Å².